The molecule has 0 fully saturated rings. The Hall–Kier alpha value is -4.17. The van der Waals surface area contributed by atoms with E-state index in [1.807, 2.05) is 44.2 Å². The van der Waals surface area contributed by atoms with E-state index in [1.54, 1.807) is 31.3 Å². The number of aryl methyl sites for hydroxylation is 1. The second-order valence-electron chi connectivity index (χ2n) is 9.88. The molecule has 0 bridgehead atoms. The molecular formula is C28H25N3O5. The van der Waals surface area contributed by atoms with E-state index in [4.69, 9.17) is 9.15 Å². The van der Waals surface area contributed by atoms with Crippen LogP contribution in [0.1, 0.15) is 31.2 Å². The minimum Gasteiger partial charge on any atom is -0.464 e. The lowest BCUT2D eigenvalue weighted by Crippen LogP contribution is -2.41. The molecule has 0 saturated carbocycles. The third-order valence-corrected chi connectivity index (χ3v) is 7.10. The van der Waals surface area contributed by atoms with Crippen molar-refractivity contribution < 1.29 is 9.15 Å². The summed E-state index contributed by atoms with van der Waals surface area (Å²) in [6.07, 6.45) is 0.592. The van der Waals surface area contributed by atoms with Crippen LogP contribution in [0.3, 0.4) is 0 Å². The largest absolute Gasteiger partial charge is 0.464 e. The molecule has 8 nitrogen and oxygen atoms in total. The van der Waals surface area contributed by atoms with Crippen molar-refractivity contribution in [2.45, 2.75) is 25.5 Å². The van der Waals surface area contributed by atoms with E-state index < -0.39 is 22.9 Å². The van der Waals surface area contributed by atoms with E-state index >= 15 is 0 Å². The van der Waals surface area contributed by atoms with Crippen LogP contribution in [0.15, 0.2) is 79.7 Å². The van der Waals surface area contributed by atoms with E-state index in [-0.39, 0.29) is 12.0 Å². The Kier molecular flexibility index (Phi) is 4.75. The molecule has 1 unspecified atom stereocenters. The lowest BCUT2D eigenvalue weighted by molar-refractivity contribution is -0.00811. The molecule has 0 aliphatic carbocycles. The van der Waals surface area contributed by atoms with Gasteiger partial charge in [0.15, 0.2) is 5.43 Å². The highest BCUT2D eigenvalue weighted by Crippen LogP contribution is 2.45. The van der Waals surface area contributed by atoms with Gasteiger partial charge in [-0.05, 0) is 31.5 Å². The summed E-state index contributed by atoms with van der Waals surface area (Å²) >= 11 is 0. The monoisotopic (exact) mass is 483 g/mol. The minimum atomic E-state index is -0.837. The number of aromatic nitrogens is 3. The fourth-order valence-corrected chi connectivity index (χ4v) is 5.38. The fourth-order valence-electron chi connectivity index (χ4n) is 5.38. The number of nitrogens with zero attached hydrogens (tertiary/aromatic N) is 3. The lowest BCUT2D eigenvalue weighted by atomic mass is 9.98. The Morgan fingerprint density at radius 1 is 0.917 bits per heavy atom. The molecule has 1 aliphatic heterocycles. The van der Waals surface area contributed by atoms with E-state index in [2.05, 4.69) is 4.57 Å². The summed E-state index contributed by atoms with van der Waals surface area (Å²) in [5.41, 5.74) is 1.73. The van der Waals surface area contributed by atoms with Gasteiger partial charge in [-0.2, -0.15) is 0 Å². The average molecular weight is 484 g/mol. The number of benzene rings is 2. The molecule has 182 valence electrons. The molecule has 36 heavy (non-hydrogen) atoms. The molecular weight excluding hydrogens is 458 g/mol. The lowest BCUT2D eigenvalue weighted by Gasteiger charge is -2.39. The maximum Gasteiger partial charge on any atom is 0.331 e. The number of hydrogen-bond acceptors (Lipinski definition) is 5. The van der Waals surface area contributed by atoms with Crippen LogP contribution in [-0.4, -0.2) is 20.3 Å². The first-order valence-corrected chi connectivity index (χ1v) is 11.7. The van der Waals surface area contributed by atoms with Gasteiger partial charge in [0.05, 0.1) is 45.4 Å². The molecule has 2 aromatic carbocycles. The van der Waals surface area contributed by atoms with Gasteiger partial charge in [0.25, 0.3) is 5.56 Å². The van der Waals surface area contributed by atoms with Crippen molar-refractivity contribution in [3.63, 3.8) is 0 Å². The van der Waals surface area contributed by atoms with E-state index in [9.17, 15) is 14.4 Å². The summed E-state index contributed by atoms with van der Waals surface area (Å²) in [5.74, 6) is 0. The van der Waals surface area contributed by atoms with Crippen molar-refractivity contribution in [3.05, 3.63) is 103 Å². The highest BCUT2D eigenvalue weighted by molar-refractivity contribution is 5.97. The molecule has 0 radical (unpaired) electrons. The van der Waals surface area contributed by atoms with Crippen molar-refractivity contribution >= 4 is 21.9 Å². The second kappa shape index (κ2) is 7.66. The van der Waals surface area contributed by atoms with Gasteiger partial charge in [0, 0.05) is 14.1 Å². The topological polar surface area (TPSA) is 88.4 Å². The van der Waals surface area contributed by atoms with Gasteiger partial charge in [-0.1, -0.05) is 42.5 Å². The summed E-state index contributed by atoms with van der Waals surface area (Å²) < 4.78 is 16.8. The molecule has 8 heteroatoms. The Bertz CT molecular complexity index is 1850. The van der Waals surface area contributed by atoms with Crippen molar-refractivity contribution in [3.8, 4) is 11.3 Å². The Labute approximate surface area is 205 Å². The maximum absolute atomic E-state index is 13.6. The van der Waals surface area contributed by atoms with Crippen LogP contribution >= 0.6 is 0 Å². The minimum absolute atomic E-state index is 0.211. The molecule has 6 rings (SSSR count). The van der Waals surface area contributed by atoms with Crippen LogP contribution in [0.4, 0.5) is 0 Å². The number of para-hydroxylation sites is 1. The summed E-state index contributed by atoms with van der Waals surface area (Å²) in [5, 5.41) is 0.855. The Morgan fingerprint density at radius 3 is 2.36 bits per heavy atom. The van der Waals surface area contributed by atoms with Gasteiger partial charge in [-0.25, -0.2) is 4.79 Å². The van der Waals surface area contributed by atoms with Crippen LogP contribution in [0.5, 0.6) is 0 Å². The van der Waals surface area contributed by atoms with Crippen LogP contribution in [0.25, 0.3) is 33.1 Å². The number of ether oxygens (including phenoxy) is 1. The summed E-state index contributed by atoms with van der Waals surface area (Å²) in [4.78, 5) is 40.3. The molecule has 3 aromatic heterocycles. The predicted molar refractivity (Wildman–Crippen MR) is 137 cm³/mol. The SMILES string of the molecule is Cn1c(=O)c2c(-c3ccccc3)n3c(c2n(C)c1=O)C(c1coc2ccccc2c1=O)OCC3(C)C. The van der Waals surface area contributed by atoms with Gasteiger partial charge >= 0.3 is 5.69 Å². The Balaban J connectivity index is 1.82. The highest BCUT2D eigenvalue weighted by atomic mass is 16.5. The van der Waals surface area contributed by atoms with Gasteiger partial charge < -0.3 is 13.7 Å². The van der Waals surface area contributed by atoms with E-state index in [1.165, 1.54) is 17.9 Å². The predicted octanol–water partition coefficient (Wildman–Crippen LogP) is 3.67. The molecule has 0 saturated heterocycles. The molecule has 0 N–H and O–H groups in total. The molecule has 1 atom stereocenters. The normalized spacial score (nSPS) is 16.9. The smallest absolute Gasteiger partial charge is 0.331 e. The second-order valence-corrected chi connectivity index (χ2v) is 9.88. The fraction of sp³-hybridized carbons (Fsp3) is 0.250. The number of fused-ring (bicyclic) bond motifs is 4. The first kappa shape index (κ1) is 22.3. The number of rotatable bonds is 2. The summed E-state index contributed by atoms with van der Waals surface area (Å²) in [6, 6.07) is 16.7. The highest BCUT2D eigenvalue weighted by Gasteiger charge is 2.41. The molecule has 4 heterocycles. The standard InChI is InChI=1S/C28H25N3O5/c1-28(2)15-36-25(18-14-35-19-13-9-8-12-17(19)24(18)32)23-22-20(26(33)30(4)27(34)29(22)3)21(31(23)28)16-10-6-5-7-11-16/h5-14,25H,15H2,1-4H3. The van der Waals surface area contributed by atoms with Gasteiger partial charge in [0.2, 0.25) is 0 Å². The van der Waals surface area contributed by atoms with Crippen LogP contribution in [0, 0.1) is 0 Å². The summed E-state index contributed by atoms with van der Waals surface area (Å²) in [6.45, 7) is 4.32. The van der Waals surface area contributed by atoms with E-state index in [0.717, 1.165) is 10.1 Å². The van der Waals surface area contributed by atoms with E-state index in [0.29, 0.717) is 38.8 Å². The third-order valence-electron chi connectivity index (χ3n) is 7.10. The number of hydrogen-bond donors (Lipinski definition) is 0. The van der Waals surface area contributed by atoms with Crippen LogP contribution in [0.2, 0.25) is 0 Å². The zero-order valence-corrected chi connectivity index (χ0v) is 20.4. The quantitative estimate of drug-likeness (QED) is 0.382. The first-order valence-electron chi connectivity index (χ1n) is 11.7. The van der Waals surface area contributed by atoms with Crippen molar-refractivity contribution in [2.75, 3.05) is 6.61 Å². The van der Waals surface area contributed by atoms with Gasteiger partial charge in [-0.15, -0.1) is 0 Å². The molecule has 5 aromatic rings. The van der Waals surface area contributed by atoms with Gasteiger partial charge in [0.1, 0.15) is 18.0 Å². The molecule has 0 spiro atoms. The average Bonchev–Trinajstić information content (AvgIpc) is 3.25. The van der Waals surface area contributed by atoms with Crippen molar-refractivity contribution in [1.82, 2.24) is 13.7 Å². The molecule has 0 amide bonds. The van der Waals surface area contributed by atoms with Gasteiger partial charge in [-0.3, -0.25) is 18.7 Å². The first-order chi connectivity index (χ1) is 17.2. The van der Waals surface area contributed by atoms with Crippen LogP contribution < -0.4 is 16.7 Å². The van der Waals surface area contributed by atoms with Crippen LogP contribution in [-0.2, 0) is 24.4 Å². The molecule has 1 aliphatic rings. The zero-order chi connectivity index (χ0) is 25.4. The zero-order valence-electron chi connectivity index (χ0n) is 20.4. The third kappa shape index (κ3) is 2.94. The Morgan fingerprint density at radius 2 is 1.61 bits per heavy atom. The van der Waals surface area contributed by atoms with Crippen molar-refractivity contribution in [2.24, 2.45) is 14.1 Å². The van der Waals surface area contributed by atoms with Crippen molar-refractivity contribution in [1.29, 1.82) is 0 Å². The maximum atomic E-state index is 13.6. The summed E-state index contributed by atoms with van der Waals surface area (Å²) in [7, 11) is 3.12.